The van der Waals surface area contributed by atoms with Crippen molar-refractivity contribution in [3.8, 4) is 0 Å². The first-order chi connectivity index (χ1) is 7.89. The summed E-state index contributed by atoms with van der Waals surface area (Å²) in [5.74, 6) is 0.336. The lowest BCUT2D eigenvalue weighted by Gasteiger charge is -2.17. The molecule has 2 heterocycles. The van der Waals surface area contributed by atoms with Gasteiger partial charge in [0, 0.05) is 6.61 Å². The van der Waals surface area contributed by atoms with E-state index in [1.165, 1.54) is 0 Å². The number of hydrogen-bond donors (Lipinski definition) is 1. The van der Waals surface area contributed by atoms with Crippen LogP contribution in [0.5, 0.6) is 0 Å². The summed E-state index contributed by atoms with van der Waals surface area (Å²) in [6.45, 7) is 8.71. The van der Waals surface area contributed by atoms with Crippen LogP contribution in [0.25, 0.3) is 0 Å². The van der Waals surface area contributed by atoms with E-state index in [2.05, 4.69) is 13.8 Å². The Morgan fingerprint density at radius 1 is 1.47 bits per heavy atom. The first-order valence-corrected chi connectivity index (χ1v) is 7.06. The molecule has 1 fully saturated rings. The summed E-state index contributed by atoms with van der Waals surface area (Å²) in [6, 6.07) is 0. The molecule has 0 spiro atoms. The SMILES string of the molecule is CC(C)c1nc(C2CCCO2)sc1C(C)(C)O. The van der Waals surface area contributed by atoms with Crippen LogP contribution in [0, 0.1) is 0 Å². The van der Waals surface area contributed by atoms with E-state index in [1.807, 2.05) is 13.8 Å². The molecule has 0 radical (unpaired) electrons. The molecule has 1 N–H and O–H groups in total. The lowest BCUT2D eigenvalue weighted by Crippen LogP contribution is -2.16. The zero-order valence-corrected chi connectivity index (χ0v) is 11.8. The van der Waals surface area contributed by atoms with E-state index in [0.29, 0.717) is 5.92 Å². The van der Waals surface area contributed by atoms with Crippen LogP contribution >= 0.6 is 11.3 Å². The molecule has 0 bridgehead atoms. The zero-order valence-electron chi connectivity index (χ0n) is 11.0. The molecule has 1 aliphatic heterocycles. The summed E-state index contributed by atoms with van der Waals surface area (Å²) >= 11 is 1.61. The highest BCUT2D eigenvalue weighted by Crippen LogP contribution is 2.39. The van der Waals surface area contributed by atoms with Crippen LogP contribution in [0.4, 0.5) is 0 Å². The second-order valence-electron chi connectivity index (χ2n) is 5.48. The van der Waals surface area contributed by atoms with Crippen molar-refractivity contribution in [2.75, 3.05) is 6.61 Å². The predicted molar refractivity (Wildman–Crippen MR) is 69.4 cm³/mol. The molecule has 0 amide bonds. The smallest absolute Gasteiger partial charge is 0.122 e. The number of aromatic nitrogens is 1. The largest absolute Gasteiger partial charge is 0.385 e. The summed E-state index contributed by atoms with van der Waals surface area (Å²) in [5, 5.41) is 11.2. The Morgan fingerprint density at radius 2 is 2.18 bits per heavy atom. The van der Waals surface area contributed by atoms with E-state index in [4.69, 9.17) is 9.72 Å². The Kier molecular flexibility index (Phi) is 3.57. The van der Waals surface area contributed by atoms with Gasteiger partial charge in [0.05, 0.1) is 16.2 Å². The fraction of sp³-hybridized carbons (Fsp3) is 0.769. The highest BCUT2D eigenvalue weighted by molar-refractivity contribution is 7.12. The van der Waals surface area contributed by atoms with Gasteiger partial charge in [0.25, 0.3) is 0 Å². The quantitative estimate of drug-likeness (QED) is 0.900. The second kappa shape index (κ2) is 4.67. The highest BCUT2D eigenvalue weighted by Gasteiger charge is 2.29. The maximum absolute atomic E-state index is 10.2. The Bertz CT molecular complexity index is 387. The molecule has 1 unspecified atom stereocenters. The Labute approximate surface area is 107 Å². The number of ether oxygens (including phenoxy) is 1. The average Bonchev–Trinajstić information content (AvgIpc) is 2.85. The van der Waals surface area contributed by atoms with Crippen LogP contribution in [-0.4, -0.2) is 16.7 Å². The molecule has 96 valence electrons. The number of nitrogens with zero attached hydrogens (tertiary/aromatic N) is 1. The van der Waals surface area contributed by atoms with E-state index in [9.17, 15) is 5.11 Å². The van der Waals surface area contributed by atoms with Crippen LogP contribution in [0.15, 0.2) is 0 Å². The molecule has 1 aliphatic rings. The van der Waals surface area contributed by atoms with Gasteiger partial charge in [-0.25, -0.2) is 4.98 Å². The van der Waals surface area contributed by atoms with Crippen molar-refractivity contribution in [1.82, 2.24) is 4.98 Å². The number of aliphatic hydroxyl groups is 1. The van der Waals surface area contributed by atoms with Crippen LogP contribution in [0.2, 0.25) is 0 Å². The van der Waals surface area contributed by atoms with Gasteiger partial charge in [-0.1, -0.05) is 13.8 Å². The Balaban J connectivity index is 2.37. The van der Waals surface area contributed by atoms with Crippen LogP contribution in [0.3, 0.4) is 0 Å². The predicted octanol–water partition coefficient (Wildman–Crippen LogP) is 3.35. The summed E-state index contributed by atoms with van der Waals surface area (Å²) in [4.78, 5) is 5.68. The van der Waals surface area contributed by atoms with E-state index < -0.39 is 5.60 Å². The van der Waals surface area contributed by atoms with Gasteiger partial charge >= 0.3 is 0 Å². The minimum absolute atomic E-state index is 0.147. The maximum Gasteiger partial charge on any atom is 0.122 e. The number of thiazole rings is 1. The van der Waals surface area contributed by atoms with Crippen molar-refractivity contribution in [3.05, 3.63) is 15.6 Å². The summed E-state index contributed by atoms with van der Waals surface area (Å²) < 4.78 is 5.67. The molecular weight excluding hydrogens is 234 g/mol. The van der Waals surface area contributed by atoms with Crippen molar-refractivity contribution in [1.29, 1.82) is 0 Å². The topological polar surface area (TPSA) is 42.4 Å². The van der Waals surface area contributed by atoms with Gasteiger partial charge in [-0.2, -0.15) is 0 Å². The van der Waals surface area contributed by atoms with Crippen molar-refractivity contribution < 1.29 is 9.84 Å². The van der Waals surface area contributed by atoms with Crippen LogP contribution < -0.4 is 0 Å². The van der Waals surface area contributed by atoms with E-state index in [1.54, 1.807) is 11.3 Å². The molecule has 1 saturated heterocycles. The third-order valence-corrected chi connectivity index (χ3v) is 4.45. The summed E-state index contributed by atoms with van der Waals surface area (Å²) in [6.07, 6.45) is 2.31. The first-order valence-electron chi connectivity index (χ1n) is 6.24. The molecule has 17 heavy (non-hydrogen) atoms. The minimum atomic E-state index is -0.811. The number of hydrogen-bond acceptors (Lipinski definition) is 4. The van der Waals surface area contributed by atoms with E-state index >= 15 is 0 Å². The van der Waals surface area contributed by atoms with Crippen molar-refractivity contribution in [2.24, 2.45) is 0 Å². The second-order valence-corrected chi connectivity index (χ2v) is 6.51. The number of rotatable bonds is 3. The summed E-state index contributed by atoms with van der Waals surface area (Å²) in [5.41, 5.74) is 0.210. The van der Waals surface area contributed by atoms with Crippen LogP contribution in [-0.2, 0) is 10.3 Å². The van der Waals surface area contributed by atoms with E-state index in [-0.39, 0.29) is 6.10 Å². The molecule has 3 nitrogen and oxygen atoms in total. The lowest BCUT2D eigenvalue weighted by atomic mass is 10.0. The van der Waals surface area contributed by atoms with Crippen LogP contribution in [0.1, 0.15) is 68.1 Å². The van der Waals surface area contributed by atoms with Gasteiger partial charge in [0.2, 0.25) is 0 Å². The fourth-order valence-corrected chi connectivity index (χ4v) is 3.40. The normalized spacial score (nSPS) is 21.4. The van der Waals surface area contributed by atoms with Gasteiger partial charge in [-0.05, 0) is 32.6 Å². The van der Waals surface area contributed by atoms with Crippen molar-refractivity contribution in [2.45, 2.75) is 58.2 Å². The minimum Gasteiger partial charge on any atom is -0.385 e. The molecule has 2 rings (SSSR count). The van der Waals surface area contributed by atoms with Gasteiger partial charge in [0.15, 0.2) is 0 Å². The van der Waals surface area contributed by atoms with Gasteiger partial charge < -0.3 is 9.84 Å². The van der Waals surface area contributed by atoms with Crippen molar-refractivity contribution >= 4 is 11.3 Å². The molecular formula is C13H21NO2S. The first kappa shape index (κ1) is 13.0. The molecule has 4 heteroatoms. The fourth-order valence-electron chi connectivity index (χ4n) is 2.09. The summed E-state index contributed by atoms with van der Waals surface area (Å²) in [7, 11) is 0. The van der Waals surface area contributed by atoms with Gasteiger partial charge in [-0.3, -0.25) is 0 Å². The lowest BCUT2D eigenvalue weighted by molar-refractivity contribution is 0.0811. The molecule has 1 atom stereocenters. The third kappa shape index (κ3) is 2.69. The third-order valence-electron chi connectivity index (χ3n) is 2.98. The zero-order chi connectivity index (χ0) is 12.6. The standard InChI is InChI=1S/C13H21NO2S/c1-8(2)10-11(13(3,4)15)17-12(14-10)9-6-5-7-16-9/h8-9,15H,5-7H2,1-4H3. The molecule has 1 aromatic rings. The van der Waals surface area contributed by atoms with E-state index in [0.717, 1.165) is 35.0 Å². The molecule has 0 aliphatic carbocycles. The van der Waals surface area contributed by atoms with Gasteiger partial charge in [0.1, 0.15) is 11.1 Å². The monoisotopic (exact) mass is 255 g/mol. The molecule has 0 saturated carbocycles. The molecule has 1 aromatic heterocycles. The van der Waals surface area contributed by atoms with Gasteiger partial charge in [-0.15, -0.1) is 11.3 Å². The highest BCUT2D eigenvalue weighted by atomic mass is 32.1. The average molecular weight is 255 g/mol. The Morgan fingerprint density at radius 3 is 2.59 bits per heavy atom. The molecule has 0 aromatic carbocycles. The Hall–Kier alpha value is -0.450. The maximum atomic E-state index is 10.2. The van der Waals surface area contributed by atoms with Crippen molar-refractivity contribution in [3.63, 3.8) is 0 Å².